The maximum Gasteiger partial charge on any atom is 0.450 e. The van der Waals surface area contributed by atoms with Crippen molar-refractivity contribution in [1.29, 1.82) is 0 Å². The first-order valence-corrected chi connectivity index (χ1v) is 4.87. The number of Topliss-reactive ketones (excluding diaryl/α,β-unsaturated/α-hetero) is 1. The van der Waals surface area contributed by atoms with Gasteiger partial charge in [0.15, 0.2) is 0 Å². The highest BCUT2D eigenvalue weighted by Gasteiger charge is 2.39. The quantitative estimate of drug-likeness (QED) is 0.845. The molecule has 0 saturated carbocycles. The minimum absolute atomic E-state index is 0.288. The molecule has 0 spiro atoms. The third-order valence-corrected chi connectivity index (χ3v) is 2.01. The van der Waals surface area contributed by atoms with Crippen LogP contribution in [-0.2, 0) is 9.59 Å². The first-order chi connectivity index (χ1) is 8.32. The van der Waals surface area contributed by atoms with Gasteiger partial charge in [0.25, 0.3) is 0 Å². The fourth-order valence-electron chi connectivity index (χ4n) is 1.13. The number of anilines is 1. The third kappa shape index (κ3) is 4.08. The number of hydrogen-bond donors (Lipinski definition) is 1. The number of carbonyl (C=O) groups excluding carboxylic acids is 2. The number of carbonyl (C=O) groups is 2. The average Bonchev–Trinajstić information content (AvgIpc) is 2.28. The van der Waals surface area contributed by atoms with Gasteiger partial charge in [-0.05, 0) is 24.3 Å². The Morgan fingerprint density at radius 3 is 2.22 bits per heavy atom. The normalized spacial score (nSPS) is 10.9. The van der Waals surface area contributed by atoms with Crippen LogP contribution in [0.5, 0.6) is 5.75 Å². The first kappa shape index (κ1) is 14.0. The molecular weight excluding hydrogens is 251 g/mol. The standard InChI is InChI=1S/C11H10F3NO3/c1-18-8-4-2-7(3-5-8)15-10(17)6-9(16)11(12,13)14/h2-5H,6H2,1H3,(H,15,17). The number of ketones is 1. The molecule has 0 fully saturated rings. The summed E-state index contributed by atoms with van der Waals surface area (Å²) in [6.45, 7) is 0. The summed E-state index contributed by atoms with van der Waals surface area (Å²) < 4.78 is 40.6. The summed E-state index contributed by atoms with van der Waals surface area (Å²) in [5.41, 5.74) is 0.288. The van der Waals surface area contributed by atoms with Gasteiger partial charge < -0.3 is 10.1 Å². The molecule has 0 aromatic heterocycles. The van der Waals surface area contributed by atoms with Crippen molar-refractivity contribution in [2.45, 2.75) is 12.6 Å². The van der Waals surface area contributed by atoms with Crippen LogP contribution in [0.1, 0.15) is 6.42 Å². The van der Waals surface area contributed by atoms with Crippen molar-refractivity contribution in [1.82, 2.24) is 0 Å². The topological polar surface area (TPSA) is 55.4 Å². The zero-order valence-electron chi connectivity index (χ0n) is 9.38. The summed E-state index contributed by atoms with van der Waals surface area (Å²) in [6.07, 6.45) is -6.22. The number of amides is 1. The number of alkyl halides is 3. The summed E-state index contributed by atoms with van der Waals surface area (Å²) in [5.74, 6) is -2.55. The van der Waals surface area contributed by atoms with E-state index < -0.39 is 24.3 Å². The van der Waals surface area contributed by atoms with Gasteiger partial charge in [0.05, 0.1) is 13.5 Å². The van der Waals surface area contributed by atoms with Gasteiger partial charge in [-0.15, -0.1) is 0 Å². The van der Waals surface area contributed by atoms with Crippen LogP contribution >= 0.6 is 0 Å². The maximum atomic E-state index is 11.9. The maximum absolute atomic E-state index is 11.9. The molecule has 0 aliphatic rings. The molecule has 0 bridgehead atoms. The molecule has 98 valence electrons. The Bertz CT molecular complexity index is 440. The monoisotopic (exact) mass is 261 g/mol. The molecule has 0 aliphatic carbocycles. The van der Waals surface area contributed by atoms with Crippen LogP contribution < -0.4 is 10.1 Å². The van der Waals surface area contributed by atoms with E-state index in [-0.39, 0.29) is 5.69 Å². The molecule has 1 aromatic carbocycles. The van der Waals surface area contributed by atoms with E-state index in [2.05, 4.69) is 5.32 Å². The number of methoxy groups -OCH3 is 1. The second-order valence-electron chi connectivity index (χ2n) is 3.37. The van der Waals surface area contributed by atoms with Crippen LogP contribution in [0.25, 0.3) is 0 Å². The molecule has 0 radical (unpaired) electrons. The number of ether oxygens (including phenoxy) is 1. The highest BCUT2D eigenvalue weighted by atomic mass is 19.4. The number of rotatable bonds is 4. The van der Waals surface area contributed by atoms with E-state index in [1.807, 2.05) is 0 Å². The van der Waals surface area contributed by atoms with Gasteiger partial charge in [0, 0.05) is 5.69 Å². The summed E-state index contributed by atoms with van der Waals surface area (Å²) in [5, 5.41) is 2.18. The van der Waals surface area contributed by atoms with Crippen molar-refractivity contribution in [2.24, 2.45) is 0 Å². The van der Waals surface area contributed by atoms with Crippen LogP contribution in [0.4, 0.5) is 18.9 Å². The summed E-state index contributed by atoms with van der Waals surface area (Å²) in [4.78, 5) is 21.7. The Morgan fingerprint density at radius 1 is 1.22 bits per heavy atom. The van der Waals surface area contributed by atoms with Gasteiger partial charge in [-0.3, -0.25) is 9.59 Å². The number of benzene rings is 1. The molecular formula is C11H10F3NO3. The van der Waals surface area contributed by atoms with E-state index in [0.717, 1.165) is 0 Å². The van der Waals surface area contributed by atoms with Gasteiger partial charge >= 0.3 is 6.18 Å². The third-order valence-electron chi connectivity index (χ3n) is 2.01. The highest BCUT2D eigenvalue weighted by Crippen LogP contribution is 2.19. The second kappa shape index (κ2) is 5.52. The lowest BCUT2D eigenvalue weighted by Crippen LogP contribution is -2.27. The molecule has 1 aromatic rings. The van der Waals surface area contributed by atoms with Crippen LogP contribution in [0, 0.1) is 0 Å². The van der Waals surface area contributed by atoms with Gasteiger partial charge in [-0.2, -0.15) is 13.2 Å². The molecule has 18 heavy (non-hydrogen) atoms. The van der Waals surface area contributed by atoms with E-state index >= 15 is 0 Å². The van der Waals surface area contributed by atoms with Crippen LogP contribution in [0.2, 0.25) is 0 Å². The number of hydrogen-bond acceptors (Lipinski definition) is 3. The lowest BCUT2D eigenvalue weighted by molar-refractivity contribution is -0.171. The highest BCUT2D eigenvalue weighted by molar-refractivity contribution is 6.06. The second-order valence-corrected chi connectivity index (χ2v) is 3.37. The van der Waals surface area contributed by atoms with E-state index in [9.17, 15) is 22.8 Å². The molecule has 0 saturated heterocycles. The van der Waals surface area contributed by atoms with Gasteiger partial charge in [-0.1, -0.05) is 0 Å². The van der Waals surface area contributed by atoms with Crippen LogP contribution in [0.3, 0.4) is 0 Å². The van der Waals surface area contributed by atoms with Crippen LogP contribution in [0.15, 0.2) is 24.3 Å². The zero-order valence-corrected chi connectivity index (χ0v) is 9.38. The van der Waals surface area contributed by atoms with Gasteiger partial charge in [0.1, 0.15) is 5.75 Å². The predicted molar refractivity (Wildman–Crippen MR) is 57.3 cm³/mol. The smallest absolute Gasteiger partial charge is 0.450 e. The SMILES string of the molecule is COc1ccc(NC(=O)CC(=O)C(F)(F)F)cc1. The fraction of sp³-hybridized carbons (Fsp3) is 0.273. The van der Waals surface area contributed by atoms with Crippen molar-refractivity contribution in [3.05, 3.63) is 24.3 Å². The molecule has 0 unspecified atom stereocenters. The van der Waals surface area contributed by atoms with Crippen molar-refractivity contribution < 1.29 is 27.5 Å². The van der Waals surface area contributed by atoms with E-state index in [1.165, 1.54) is 31.4 Å². The molecule has 7 heteroatoms. The van der Waals surface area contributed by atoms with Crippen molar-refractivity contribution >= 4 is 17.4 Å². The Balaban J connectivity index is 2.57. The Hall–Kier alpha value is -2.05. The van der Waals surface area contributed by atoms with Gasteiger partial charge in [-0.25, -0.2) is 0 Å². The predicted octanol–water partition coefficient (Wildman–Crippen LogP) is 2.16. The van der Waals surface area contributed by atoms with Crippen molar-refractivity contribution in [2.75, 3.05) is 12.4 Å². The summed E-state index contributed by atoms with van der Waals surface area (Å²) in [6, 6.07) is 5.96. The average molecular weight is 261 g/mol. The first-order valence-electron chi connectivity index (χ1n) is 4.87. The van der Waals surface area contributed by atoms with Crippen molar-refractivity contribution in [3.8, 4) is 5.75 Å². The number of halogens is 3. The molecule has 0 atom stereocenters. The lowest BCUT2D eigenvalue weighted by Gasteiger charge is -2.07. The largest absolute Gasteiger partial charge is 0.497 e. The molecule has 1 rings (SSSR count). The Morgan fingerprint density at radius 2 is 1.78 bits per heavy atom. The zero-order chi connectivity index (χ0) is 13.8. The Kier molecular flexibility index (Phi) is 4.30. The minimum Gasteiger partial charge on any atom is -0.497 e. The van der Waals surface area contributed by atoms with Crippen molar-refractivity contribution in [3.63, 3.8) is 0 Å². The fourth-order valence-corrected chi connectivity index (χ4v) is 1.13. The van der Waals surface area contributed by atoms with E-state index in [0.29, 0.717) is 5.75 Å². The Labute approximate surface area is 101 Å². The summed E-state index contributed by atoms with van der Waals surface area (Å²) >= 11 is 0. The molecule has 1 N–H and O–H groups in total. The van der Waals surface area contributed by atoms with E-state index in [4.69, 9.17) is 4.74 Å². The number of nitrogens with one attached hydrogen (secondary N) is 1. The summed E-state index contributed by atoms with van der Waals surface area (Å²) in [7, 11) is 1.45. The molecule has 0 heterocycles. The van der Waals surface area contributed by atoms with Crippen LogP contribution in [-0.4, -0.2) is 25.0 Å². The van der Waals surface area contributed by atoms with E-state index in [1.54, 1.807) is 0 Å². The molecule has 1 amide bonds. The molecule has 0 aliphatic heterocycles. The molecule has 4 nitrogen and oxygen atoms in total. The lowest BCUT2D eigenvalue weighted by atomic mass is 10.2. The van der Waals surface area contributed by atoms with Gasteiger partial charge in [0.2, 0.25) is 11.7 Å². The minimum atomic E-state index is -4.99.